The van der Waals surface area contributed by atoms with Crippen molar-refractivity contribution in [1.29, 1.82) is 0 Å². The van der Waals surface area contributed by atoms with Gasteiger partial charge in [0.2, 0.25) is 0 Å². The molecular weight excluding hydrogens is 258 g/mol. The molecule has 1 atom stereocenters. The van der Waals surface area contributed by atoms with Crippen LogP contribution >= 0.6 is 46.4 Å². The van der Waals surface area contributed by atoms with Crippen molar-refractivity contribution >= 4 is 52.4 Å². The molecule has 0 spiro atoms. The van der Waals surface area contributed by atoms with E-state index >= 15 is 0 Å². The molecule has 0 aromatic carbocycles. The largest absolute Gasteiger partial charge is 0.469 e. The van der Waals surface area contributed by atoms with E-state index in [0.717, 1.165) is 0 Å². The summed E-state index contributed by atoms with van der Waals surface area (Å²) in [4.78, 5) is 10.8. The highest BCUT2D eigenvalue weighted by Crippen LogP contribution is 2.35. The Morgan fingerprint density at radius 2 is 2.08 bits per heavy atom. The van der Waals surface area contributed by atoms with Gasteiger partial charge in [-0.3, -0.25) is 4.79 Å². The van der Waals surface area contributed by atoms with Gasteiger partial charge in [-0.05, 0) is 6.42 Å². The number of carbonyl (C=O) groups is 1. The Morgan fingerprint density at radius 3 is 2.46 bits per heavy atom. The minimum Gasteiger partial charge on any atom is -0.469 e. The highest BCUT2D eigenvalue weighted by Gasteiger charge is 2.34. The van der Waals surface area contributed by atoms with Crippen molar-refractivity contribution < 1.29 is 9.53 Å². The van der Waals surface area contributed by atoms with Gasteiger partial charge < -0.3 is 4.74 Å². The van der Waals surface area contributed by atoms with Gasteiger partial charge in [0.15, 0.2) is 0 Å². The maximum Gasteiger partial charge on any atom is 0.307 e. The molecule has 0 radical (unpaired) electrons. The predicted molar refractivity (Wildman–Crippen MR) is 56.0 cm³/mol. The van der Waals surface area contributed by atoms with Crippen LogP contribution in [0.4, 0.5) is 0 Å². The summed E-state index contributed by atoms with van der Waals surface area (Å²) >= 11 is 22.9. The first-order chi connectivity index (χ1) is 5.94. The van der Waals surface area contributed by atoms with E-state index in [1.165, 1.54) is 7.11 Å². The van der Waals surface area contributed by atoms with Gasteiger partial charge in [0.25, 0.3) is 0 Å². The normalized spacial score (nSPS) is 13.9. The fourth-order valence-electron chi connectivity index (χ4n) is 0.662. The first-order valence-electron chi connectivity index (χ1n) is 3.58. The Hall–Kier alpha value is 0.630. The molecule has 0 saturated heterocycles. The van der Waals surface area contributed by atoms with Crippen molar-refractivity contribution in [2.45, 2.75) is 22.6 Å². The van der Waals surface area contributed by atoms with Gasteiger partial charge in [0.1, 0.15) is 4.33 Å². The number of alkyl halides is 4. The fourth-order valence-corrected chi connectivity index (χ4v) is 1.73. The number of ether oxygens (including phenoxy) is 1. The summed E-state index contributed by atoms with van der Waals surface area (Å²) in [5.41, 5.74) is 0. The zero-order valence-corrected chi connectivity index (χ0v) is 10.1. The number of rotatable bonds is 5. The molecule has 0 aliphatic carbocycles. The molecule has 0 amide bonds. The van der Waals surface area contributed by atoms with Gasteiger partial charge in [-0.25, -0.2) is 0 Å². The number of halogens is 4. The molecule has 0 aromatic rings. The summed E-state index contributed by atoms with van der Waals surface area (Å²) in [6.45, 7) is 0. The van der Waals surface area contributed by atoms with E-state index in [4.69, 9.17) is 46.4 Å². The van der Waals surface area contributed by atoms with E-state index in [1.807, 2.05) is 0 Å². The van der Waals surface area contributed by atoms with Gasteiger partial charge in [-0.1, -0.05) is 23.2 Å². The average Bonchev–Trinajstić information content (AvgIpc) is 2.04. The van der Waals surface area contributed by atoms with E-state index in [0.29, 0.717) is 6.42 Å². The summed E-state index contributed by atoms with van der Waals surface area (Å²) < 4.78 is 3.24. The van der Waals surface area contributed by atoms with Gasteiger partial charge in [0, 0.05) is 5.88 Å². The lowest BCUT2D eigenvalue weighted by molar-refractivity contribution is -0.140. The Kier molecular flexibility index (Phi) is 6.48. The zero-order valence-electron chi connectivity index (χ0n) is 7.03. The van der Waals surface area contributed by atoms with E-state index in [1.54, 1.807) is 0 Å². The van der Waals surface area contributed by atoms with Crippen LogP contribution in [0, 0.1) is 0 Å². The SMILES string of the molecule is COC(=O)CC(Cl)C(Cl)(Cl)CCCl. The lowest BCUT2D eigenvalue weighted by atomic mass is 10.2. The molecule has 0 bridgehead atoms. The molecule has 1 unspecified atom stereocenters. The Morgan fingerprint density at radius 1 is 1.54 bits per heavy atom. The zero-order chi connectivity index (χ0) is 10.5. The number of hydrogen-bond donors (Lipinski definition) is 0. The van der Waals surface area contributed by atoms with Crippen molar-refractivity contribution in [3.8, 4) is 0 Å². The second-order valence-electron chi connectivity index (χ2n) is 2.45. The van der Waals surface area contributed by atoms with Crippen LogP contribution in [0.2, 0.25) is 0 Å². The van der Waals surface area contributed by atoms with Gasteiger partial charge in [-0.15, -0.1) is 23.2 Å². The lowest BCUT2D eigenvalue weighted by Gasteiger charge is -2.23. The fraction of sp³-hybridized carbons (Fsp3) is 0.857. The molecule has 0 N–H and O–H groups in total. The van der Waals surface area contributed by atoms with E-state index in [9.17, 15) is 4.79 Å². The highest BCUT2D eigenvalue weighted by molar-refractivity contribution is 6.52. The third kappa shape index (κ3) is 5.16. The number of carbonyl (C=O) groups excluding carboxylic acids is 1. The maximum absolute atomic E-state index is 10.8. The average molecular weight is 268 g/mol. The quantitative estimate of drug-likeness (QED) is 0.566. The van der Waals surface area contributed by atoms with Crippen LogP contribution in [0.5, 0.6) is 0 Å². The molecule has 2 nitrogen and oxygen atoms in total. The number of hydrogen-bond acceptors (Lipinski definition) is 2. The predicted octanol–water partition coefficient (Wildman–Crippen LogP) is 2.96. The molecule has 0 aliphatic rings. The molecule has 0 aliphatic heterocycles. The van der Waals surface area contributed by atoms with Crippen LogP contribution in [0.25, 0.3) is 0 Å². The molecule has 0 rings (SSSR count). The number of esters is 1. The van der Waals surface area contributed by atoms with Crippen LogP contribution in [-0.4, -0.2) is 28.7 Å². The molecule has 0 aromatic heterocycles. The van der Waals surface area contributed by atoms with E-state index in [-0.39, 0.29) is 12.3 Å². The van der Waals surface area contributed by atoms with E-state index in [2.05, 4.69) is 4.74 Å². The standard InChI is InChI=1S/C7H10Cl4O2/c1-13-6(12)4-5(9)7(10,11)2-3-8/h5H,2-4H2,1H3. The van der Waals surface area contributed by atoms with Crippen LogP contribution in [-0.2, 0) is 9.53 Å². The van der Waals surface area contributed by atoms with Crippen LogP contribution in [0.15, 0.2) is 0 Å². The highest BCUT2D eigenvalue weighted by atomic mass is 35.5. The Balaban J connectivity index is 4.07. The molecule has 78 valence electrons. The van der Waals surface area contributed by atoms with Crippen molar-refractivity contribution in [3.63, 3.8) is 0 Å². The third-order valence-electron chi connectivity index (χ3n) is 1.46. The Bertz CT molecular complexity index is 172. The van der Waals surface area contributed by atoms with Gasteiger partial charge >= 0.3 is 5.97 Å². The van der Waals surface area contributed by atoms with E-state index < -0.39 is 15.7 Å². The second kappa shape index (κ2) is 6.18. The monoisotopic (exact) mass is 266 g/mol. The number of methoxy groups -OCH3 is 1. The Labute approximate surface area is 97.4 Å². The van der Waals surface area contributed by atoms with Crippen molar-refractivity contribution in [2.75, 3.05) is 13.0 Å². The molecule has 0 heterocycles. The minimum atomic E-state index is -1.18. The van der Waals surface area contributed by atoms with Crippen LogP contribution < -0.4 is 0 Å². The lowest BCUT2D eigenvalue weighted by Crippen LogP contribution is -2.29. The van der Waals surface area contributed by atoms with Crippen molar-refractivity contribution in [2.24, 2.45) is 0 Å². The topological polar surface area (TPSA) is 26.3 Å². The summed E-state index contributed by atoms with van der Waals surface area (Å²) in [5.74, 6) is -0.155. The molecule has 6 heteroatoms. The van der Waals surface area contributed by atoms with Crippen molar-refractivity contribution in [3.05, 3.63) is 0 Å². The summed E-state index contributed by atoms with van der Waals surface area (Å²) in [6, 6.07) is 0. The first-order valence-corrected chi connectivity index (χ1v) is 5.31. The van der Waals surface area contributed by atoms with Gasteiger partial charge in [0.05, 0.1) is 18.9 Å². The van der Waals surface area contributed by atoms with Gasteiger partial charge in [-0.2, -0.15) is 0 Å². The second-order valence-corrected chi connectivity index (χ2v) is 4.89. The first kappa shape index (κ1) is 13.6. The summed E-state index contributed by atoms with van der Waals surface area (Å²) in [6.07, 6.45) is 0.296. The smallest absolute Gasteiger partial charge is 0.307 e. The summed E-state index contributed by atoms with van der Waals surface area (Å²) in [7, 11) is 1.28. The van der Waals surface area contributed by atoms with Crippen LogP contribution in [0.1, 0.15) is 12.8 Å². The molecular formula is C7H10Cl4O2. The van der Waals surface area contributed by atoms with Crippen LogP contribution in [0.3, 0.4) is 0 Å². The molecule has 0 fully saturated rings. The molecule has 13 heavy (non-hydrogen) atoms. The summed E-state index contributed by atoms with van der Waals surface area (Å²) in [5, 5.41) is -0.693. The third-order valence-corrected chi connectivity index (χ3v) is 3.30. The molecule has 0 saturated carbocycles. The maximum atomic E-state index is 10.8. The van der Waals surface area contributed by atoms with Crippen molar-refractivity contribution in [1.82, 2.24) is 0 Å². The minimum absolute atomic E-state index is 0.0258.